The first-order valence-electron chi connectivity index (χ1n) is 7.71. The monoisotopic (exact) mass is 290 g/mol. The quantitative estimate of drug-likeness (QED) is 0.929. The highest BCUT2D eigenvalue weighted by molar-refractivity contribution is 5.96. The number of halogens is 1. The number of amides is 1. The standard InChI is InChI=1S/C17H23FN2O/c1-16(2,19)10-7-14(21)20-11-17(8-4-9-17)15-12(18)5-3-6-13(15)20/h3,5-6H,4,7-11,19H2,1-2H3. The highest BCUT2D eigenvalue weighted by Gasteiger charge is 2.49. The molecular formula is C17H23FN2O. The summed E-state index contributed by atoms with van der Waals surface area (Å²) in [6.07, 6.45) is 4.13. The Morgan fingerprint density at radius 1 is 1.43 bits per heavy atom. The van der Waals surface area contributed by atoms with E-state index in [0.29, 0.717) is 19.4 Å². The molecule has 0 radical (unpaired) electrons. The van der Waals surface area contributed by atoms with Crippen molar-refractivity contribution in [1.82, 2.24) is 0 Å². The van der Waals surface area contributed by atoms with Gasteiger partial charge in [0.05, 0.1) is 5.69 Å². The van der Waals surface area contributed by atoms with Crippen molar-refractivity contribution in [3.05, 3.63) is 29.6 Å². The summed E-state index contributed by atoms with van der Waals surface area (Å²) in [5.41, 5.74) is 7.01. The molecular weight excluding hydrogens is 267 g/mol. The van der Waals surface area contributed by atoms with Gasteiger partial charge in [-0.25, -0.2) is 4.39 Å². The van der Waals surface area contributed by atoms with Crippen LogP contribution in [0.2, 0.25) is 0 Å². The van der Waals surface area contributed by atoms with Crippen LogP contribution in [0.25, 0.3) is 0 Å². The number of carbonyl (C=O) groups excluding carboxylic acids is 1. The fourth-order valence-electron chi connectivity index (χ4n) is 3.53. The Labute approximate surface area is 125 Å². The summed E-state index contributed by atoms with van der Waals surface area (Å²) in [4.78, 5) is 14.3. The molecule has 114 valence electrons. The Morgan fingerprint density at radius 2 is 2.14 bits per heavy atom. The Hall–Kier alpha value is -1.42. The molecule has 1 heterocycles. The van der Waals surface area contributed by atoms with Crippen molar-refractivity contribution in [2.24, 2.45) is 5.73 Å². The van der Waals surface area contributed by atoms with Crippen LogP contribution in [-0.2, 0) is 10.2 Å². The largest absolute Gasteiger partial charge is 0.326 e. The SMILES string of the molecule is CC(C)(N)CCC(=O)N1CC2(CCC2)c2c(F)cccc21. The van der Waals surface area contributed by atoms with E-state index in [0.717, 1.165) is 30.5 Å². The van der Waals surface area contributed by atoms with Gasteiger partial charge in [-0.1, -0.05) is 12.5 Å². The van der Waals surface area contributed by atoms with E-state index in [9.17, 15) is 9.18 Å². The second-order valence-electron chi connectivity index (χ2n) is 7.24. The lowest BCUT2D eigenvalue weighted by atomic mass is 9.65. The number of hydrogen-bond donors (Lipinski definition) is 1. The number of anilines is 1. The summed E-state index contributed by atoms with van der Waals surface area (Å²) < 4.78 is 14.3. The molecule has 4 heteroatoms. The van der Waals surface area contributed by atoms with Crippen molar-refractivity contribution in [2.75, 3.05) is 11.4 Å². The zero-order chi connectivity index (χ0) is 15.3. The van der Waals surface area contributed by atoms with Crippen LogP contribution >= 0.6 is 0 Å². The summed E-state index contributed by atoms with van der Waals surface area (Å²) in [5, 5.41) is 0. The minimum atomic E-state index is -0.353. The maximum absolute atomic E-state index is 14.3. The van der Waals surface area contributed by atoms with Gasteiger partial charge in [-0.05, 0) is 45.2 Å². The molecule has 0 atom stereocenters. The first-order chi connectivity index (χ1) is 9.82. The molecule has 1 aromatic carbocycles. The van der Waals surface area contributed by atoms with Crippen LogP contribution in [0.4, 0.5) is 10.1 Å². The average molecular weight is 290 g/mol. The van der Waals surface area contributed by atoms with Crippen LogP contribution in [-0.4, -0.2) is 18.0 Å². The number of carbonyl (C=O) groups is 1. The van der Waals surface area contributed by atoms with E-state index < -0.39 is 0 Å². The summed E-state index contributed by atoms with van der Waals surface area (Å²) in [6.45, 7) is 4.48. The topological polar surface area (TPSA) is 46.3 Å². The van der Waals surface area contributed by atoms with Crippen molar-refractivity contribution < 1.29 is 9.18 Å². The zero-order valence-electron chi connectivity index (χ0n) is 12.8. The van der Waals surface area contributed by atoms with Crippen molar-refractivity contribution >= 4 is 11.6 Å². The van der Waals surface area contributed by atoms with Gasteiger partial charge in [-0.2, -0.15) is 0 Å². The van der Waals surface area contributed by atoms with Crippen LogP contribution in [0, 0.1) is 5.82 Å². The molecule has 0 unspecified atom stereocenters. The molecule has 3 nitrogen and oxygen atoms in total. The van der Waals surface area contributed by atoms with E-state index in [1.165, 1.54) is 6.07 Å². The highest BCUT2D eigenvalue weighted by Crippen LogP contribution is 2.53. The molecule has 0 aromatic heterocycles. The molecule has 1 amide bonds. The number of fused-ring (bicyclic) bond motifs is 2. The van der Waals surface area contributed by atoms with Crippen LogP contribution in [0.15, 0.2) is 18.2 Å². The van der Waals surface area contributed by atoms with Crippen molar-refractivity contribution in [2.45, 2.75) is 56.9 Å². The highest BCUT2D eigenvalue weighted by atomic mass is 19.1. The fourth-order valence-corrected chi connectivity index (χ4v) is 3.53. The van der Waals surface area contributed by atoms with E-state index >= 15 is 0 Å². The van der Waals surface area contributed by atoms with Gasteiger partial charge in [0.2, 0.25) is 5.91 Å². The van der Waals surface area contributed by atoms with Crippen LogP contribution in [0.5, 0.6) is 0 Å². The predicted molar refractivity (Wildman–Crippen MR) is 81.8 cm³/mol. The average Bonchev–Trinajstić information content (AvgIpc) is 2.72. The lowest BCUT2D eigenvalue weighted by Gasteiger charge is -2.39. The first-order valence-corrected chi connectivity index (χ1v) is 7.71. The molecule has 1 fully saturated rings. The molecule has 1 saturated carbocycles. The van der Waals surface area contributed by atoms with E-state index in [-0.39, 0.29) is 22.7 Å². The first kappa shape index (κ1) is 14.5. The molecule has 2 N–H and O–H groups in total. The zero-order valence-corrected chi connectivity index (χ0v) is 12.8. The summed E-state index contributed by atoms with van der Waals surface area (Å²) in [6, 6.07) is 5.08. The molecule has 1 spiro atoms. The number of rotatable bonds is 3. The van der Waals surface area contributed by atoms with Gasteiger partial charge in [0, 0.05) is 29.5 Å². The number of nitrogens with zero attached hydrogens (tertiary/aromatic N) is 1. The summed E-state index contributed by atoms with van der Waals surface area (Å²) >= 11 is 0. The minimum absolute atomic E-state index is 0.0594. The smallest absolute Gasteiger partial charge is 0.227 e. The Bertz CT molecular complexity index is 573. The lowest BCUT2D eigenvalue weighted by molar-refractivity contribution is -0.119. The maximum atomic E-state index is 14.3. The Balaban J connectivity index is 1.86. The second kappa shape index (κ2) is 4.80. The molecule has 1 aliphatic heterocycles. The molecule has 1 aliphatic carbocycles. The third-order valence-corrected chi connectivity index (χ3v) is 4.87. The fraction of sp³-hybridized carbons (Fsp3) is 0.588. The molecule has 1 aromatic rings. The third kappa shape index (κ3) is 2.46. The molecule has 21 heavy (non-hydrogen) atoms. The van der Waals surface area contributed by atoms with Gasteiger partial charge in [0.1, 0.15) is 5.82 Å². The molecule has 3 rings (SSSR count). The summed E-state index contributed by atoms with van der Waals surface area (Å²) in [7, 11) is 0. The Morgan fingerprint density at radius 3 is 2.71 bits per heavy atom. The van der Waals surface area contributed by atoms with Crippen molar-refractivity contribution in [3.63, 3.8) is 0 Å². The minimum Gasteiger partial charge on any atom is -0.326 e. The van der Waals surface area contributed by atoms with Crippen LogP contribution in [0.3, 0.4) is 0 Å². The third-order valence-electron chi connectivity index (χ3n) is 4.87. The van der Waals surface area contributed by atoms with Gasteiger partial charge < -0.3 is 10.6 Å². The number of hydrogen-bond acceptors (Lipinski definition) is 2. The Kier molecular flexibility index (Phi) is 3.32. The molecule has 0 bridgehead atoms. The normalized spacial score (nSPS) is 19.5. The van der Waals surface area contributed by atoms with E-state index in [1.807, 2.05) is 19.9 Å². The van der Waals surface area contributed by atoms with Gasteiger partial charge >= 0.3 is 0 Å². The molecule has 0 saturated heterocycles. The van der Waals surface area contributed by atoms with E-state index in [2.05, 4.69) is 0 Å². The van der Waals surface area contributed by atoms with E-state index in [1.54, 1.807) is 11.0 Å². The second-order valence-corrected chi connectivity index (χ2v) is 7.24. The van der Waals surface area contributed by atoms with Gasteiger partial charge in [-0.15, -0.1) is 0 Å². The lowest BCUT2D eigenvalue weighted by Crippen LogP contribution is -2.42. The van der Waals surface area contributed by atoms with Gasteiger partial charge in [0.15, 0.2) is 0 Å². The number of benzene rings is 1. The maximum Gasteiger partial charge on any atom is 0.227 e. The predicted octanol–water partition coefficient (Wildman–Crippen LogP) is 3.11. The van der Waals surface area contributed by atoms with Crippen LogP contribution < -0.4 is 10.6 Å². The van der Waals surface area contributed by atoms with Crippen LogP contribution in [0.1, 0.15) is 51.5 Å². The van der Waals surface area contributed by atoms with Crippen molar-refractivity contribution in [3.8, 4) is 0 Å². The molecule has 2 aliphatic rings. The van der Waals surface area contributed by atoms with Crippen molar-refractivity contribution in [1.29, 1.82) is 0 Å². The van der Waals surface area contributed by atoms with E-state index in [4.69, 9.17) is 5.73 Å². The van der Waals surface area contributed by atoms with Gasteiger partial charge in [-0.3, -0.25) is 4.79 Å². The summed E-state index contributed by atoms with van der Waals surface area (Å²) in [5.74, 6) is -0.106. The number of nitrogens with two attached hydrogens (primary N) is 1. The van der Waals surface area contributed by atoms with Gasteiger partial charge in [0.25, 0.3) is 0 Å².